The van der Waals surface area contributed by atoms with Gasteiger partial charge in [0, 0.05) is 7.05 Å². The summed E-state index contributed by atoms with van der Waals surface area (Å²) >= 11 is 1.54. The maximum atomic E-state index is 12.8. The summed E-state index contributed by atoms with van der Waals surface area (Å²) in [6.45, 7) is 6.15. The van der Waals surface area contributed by atoms with Crippen LogP contribution in [0.25, 0.3) is 10.7 Å². The summed E-state index contributed by atoms with van der Waals surface area (Å²) in [5, 5.41) is 5.94. The Bertz CT molecular complexity index is 905. The zero-order valence-electron chi connectivity index (χ0n) is 15.9. The van der Waals surface area contributed by atoms with Crippen LogP contribution in [0.4, 0.5) is 0 Å². The lowest BCUT2D eigenvalue weighted by atomic mass is 10.1. The fraction of sp³-hybridized carbons (Fsp3) is 0.350. The Labute approximate surface area is 162 Å². The van der Waals surface area contributed by atoms with Crippen LogP contribution in [0.5, 0.6) is 5.75 Å². The highest BCUT2D eigenvalue weighted by Crippen LogP contribution is 2.23. The highest BCUT2D eigenvalue weighted by atomic mass is 32.1. The highest BCUT2D eigenvalue weighted by Gasteiger charge is 2.24. The van der Waals surface area contributed by atoms with E-state index in [9.17, 15) is 4.79 Å². The molecule has 6 nitrogen and oxygen atoms in total. The van der Waals surface area contributed by atoms with E-state index in [2.05, 4.69) is 10.1 Å². The molecule has 0 unspecified atom stereocenters. The first kappa shape index (κ1) is 19.1. The standard InChI is InChI=1S/C20H23N3O3S/c1-5-15(25-16-11-13(2)8-9-14(16)3)20(24)23(4)12-18-21-19(22-26-18)17-7-6-10-27-17/h6-11,15H,5,12H2,1-4H3/t15-/m1/s1. The number of rotatable bonds is 7. The van der Waals surface area contributed by atoms with Crippen LogP contribution in [0.3, 0.4) is 0 Å². The molecule has 0 aliphatic carbocycles. The number of aromatic nitrogens is 2. The maximum Gasteiger partial charge on any atom is 0.263 e. The van der Waals surface area contributed by atoms with Gasteiger partial charge in [0.25, 0.3) is 5.91 Å². The van der Waals surface area contributed by atoms with E-state index in [4.69, 9.17) is 9.26 Å². The summed E-state index contributed by atoms with van der Waals surface area (Å²) in [5.41, 5.74) is 2.10. The topological polar surface area (TPSA) is 68.5 Å². The number of aryl methyl sites for hydroxylation is 2. The summed E-state index contributed by atoms with van der Waals surface area (Å²) in [6.07, 6.45) is 0.0103. The van der Waals surface area contributed by atoms with Gasteiger partial charge in [0.1, 0.15) is 5.75 Å². The Morgan fingerprint density at radius 1 is 1.33 bits per heavy atom. The molecule has 0 radical (unpaired) electrons. The monoisotopic (exact) mass is 385 g/mol. The summed E-state index contributed by atoms with van der Waals surface area (Å²) in [7, 11) is 1.71. The fourth-order valence-corrected chi connectivity index (χ4v) is 3.30. The molecule has 1 amide bonds. The average Bonchev–Trinajstić information content (AvgIpc) is 3.33. The van der Waals surface area contributed by atoms with Crippen LogP contribution in [0, 0.1) is 13.8 Å². The Morgan fingerprint density at radius 2 is 2.15 bits per heavy atom. The number of amides is 1. The SMILES string of the molecule is CC[C@@H](Oc1cc(C)ccc1C)C(=O)N(C)Cc1nc(-c2cccs2)no1. The molecule has 3 rings (SSSR count). The molecule has 3 aromatic rings. The van der Waals surface area contributed by atoms with Crippen LogP contribution in [0.2, 0.25) is 0 Å². The largest absolute Gasteiger partial charge is 0.480 e. The Hall–Kier alpha value is -2.67. The molecule has 27 heavy (non-hydrogen) atoms. The number of likely N-dealkylation sites (N-methyl/N-ethyl adjacent to an activating group) is 1. The van der Waals surface area contributed by atoms with E-state index < -0.39 is 6.10 Å². The molecule has 7 heteroatoms. The molecule has 0 bridgehead atoms. The predicted octanol–water partition coefficient (Wildman–Crippen LogP) is 4.23. The van der Waals surface area contributed by atoms with Crippen molar-refractivity contribution in [1.29, 1.82) is 0 Å². The minimum absolute atomic E-state index is 0.116. The molecule has 1 aromatic carbocycles. The van der Waals surface area contributed by atoms with Gasteiger partial charge < -0.3 is 14.2 Å². The molecule has 2 aromatic heterocycles. The summed E-state index contributed by atoms with van der Waals surface area (Å²) < 4.78 is 11.3. The third-order valence-electron chi connectivity index (χ3n) is 4.22. The molecule has 2 heterocycles. The Kier molecular flexibility index (Phi) is 5.91. The highest BCUT2D eigenvalue weighted by molar-refractivity contribution is 7.13. The predicted molar refractivity (Wildman–Crippen MR) is 105 cm³/mol. The quantitative estimate of drug-likeness (QED) is 0.609. The van der Waals surface area contributed by atoms with Gasteiger partial charge in [-0.2, -0.15) is 4.98 Å². The lowest BCUT2D eigenvalue weighted by Gasteiger charge is -2.23. The van der Waals surface area contributed by atoms with Gasteiger partial charge in [-0.25, -0.2) is 0 Å². The lowest BCUT2D eigenvalue weighted by molar-refractivity contribution is -0.138. The van der Waals surface area contributed by atoms with Crippen molar-refractivity contribution in [2.45, 2.75) is 39.8 Å². The van der Waals surface area contributed by atoms with Gasteiger partial charge in [-0.1, -0.05) is 30.3 Å². The van der Waals surface area contributed by atoms with Crippen molar-refractivity contribution in [3.8, 4) is 16.5 Å². The summed E-state index contributed by atoms with van der Waals surface area (Å²) in [4.78, 5) is 19.7. The van der Waals surface area contributed by atoms with Crippen LogP contribution in [0.15, 0.2) is 40.2 Å². The van der Waals surface area contributed by atoms with Gasteiger partial charge >= 0.3 is 0 Å². The number of carbonyl (C=O) groups is 1. The van der Waals surface area contributed by atoms with Gasteiger partial charge in [0.2, 0.25) is 11.7 Å². The second kappa shape index (κ2) is 8.35. The molecule has 0 saturated carbocycles. The molecule has 0 fully saturated rings. The zero-order chi connectivity index (χ0) is 19.4. The van der Waals surface area contributed by atoms with Crippen molar-refractivity contribution in [2.75, 3.05) is 7.05 Å². The Balaban J connectivity index is 1.67. The van der Waals surface area contributed by atoms with Crippen LogP contribution >= 0.6 is 11.3 Å². The lowest BCUT2D eigenvalue weighted by Crippen LogP contribution is -2.39. The molecule has 1 atom stereocenters. The Morgan fingerprint density at radius 3 is 2.85 bits per heavy atom. The molecule has 0 N–H and O–H groups in total. The second-order valence-corrected chi connectivity index (χ2v) is 7.41. The molecule has 0 aliphatic heterocycles. The smallest absolute Gasteiger partial charge is 0.263 e. The van der Waals surface area contributed by atoms with Gasteiger partial charge in [0.05, 0.1) is 11.4 Å². The van der Waals surface area contributed by atoms with E-state index in [0.29, 0.717) is 18.1 Å². The van der Waals surface area contributed by atoms with E-state index >= 15 is 0 Å². The third-order valence-corrected chi connectivity index (χ3v) is 5.08. The number of carbonyl (C=O) groups excluding carboxylic acids is 1. The summed E-state index contributed by atoms with van der Waals surface area (Å²) in [6, 6.07) is 9.84. The van der Waals surface area contributed by atoms with E-state index in [1.165, 1.54) is 0 Å². The van der Waals surface area contributed by atoms with E-state index in [-0.39, 0.29) is 12.5 Å². The first-order valence-corrected chi connectivity index (χ1v) is 9.71. The first-order chi connectivity index (χ1) is 13.0. The molecule has 0 aliphatic rings. The summed E-state index contributed by atoms with van der Waals surface area (Å²) in [5.74, 6) is 1.56. The molecule has 0 saturated heterocycles. The second-order valence-electron chi connectivity index (χ2n) is 6.47. The van der Waals surface area contributed by atoms with Gasteiger partial charge in [-0.3, -0.25) is 4.79 Å². The number of ether oxygens (including phenoxy) is 1. The molecular weight excluding hydrogens is 362 g/mol. The van der Waals surface area contributed by atoms with Gasteiger partial charge in [0.15, 0.2) is 6.10 Å². The zero-order valence-corrected chi connectivity index (χ0v) is 16.7. The molecule has 142 valence electrons. The van der Waals surface area contributed by atoms with Crippen LogP contribution in [0.1, 0.15) is 30.4 Å². The average molecular weight is 385 g/mol. The van der Waals surface area contributed by atoms with Crippen molar-refractivity contribution in [3.05, 3.63) is 52.7 Å². The first-order valence-electron chi connectivity index (χ1n) is 8.83. The van der Waals surface area contributed by atoms with E-state index in [1.807, 2.05) is 56.5 Å². The van der Waals surface area contributed by atoms with Crippen molar-refractivity contribution in [1.82, 2.24) is 15.0 Å². The third kappa shape index (κ3) is 4.54. The number of hydrogen-bond donors (Lipinski definition) is 0. The number of nitrogens with zero attached hydrogens (tertiary/aromatic N) is 3. The van der Waals surface area contributed by atoms with E-state index in [1.54, 1.807) is 23.3 Å². The van der Waals surface area contributed by atoms with Crippen LogP contribution < -0.4 is 4.74 Å². The maximum absolute atomic E-state index is 12.8. The minimum atomic E-state index is -0.560. The number of hydrogen-bond acceptors (Lipinski definition) is 6. The molecule has 0 spiro atoms. The normalized spacial score (nSPS) is 12.0. The minimum Gasteiger partial charge on any atom is -0.480 e. The van der Waals surface area contributed by atoms with Crippen LogP contribution in [-0.4, -0.2) is 34.1 Å². The van der Waals surface area contributed by atoms with Gasteiger partial charge in [-0.05, 0) is 48.9 Å². The van der Waals surface area contributed by atoms with Crippen molar-refractivity contribution in [2.24, 2.45) is 0 Å². The van der Waals surface area contributed by atoms with Crippen LogP contribution in [-0.2, 0) is 11.3 Å². The number of benzene rings is 1. The number of thiophene rings is 1. The van der Waals surface area contributed by atoms with Gasteiger partial charge in [-0.15, -0.1) is 11.3 Å². The van der Waals surface area contributed by atoms with Crippen molar-refractivity contribution in [3.63, 3.8) is 0 Å². The van der Waals surface area contributed by atoms with Crippen molar-refractivity contribution >= 4 is 17.2 Å². The fourth-order valence-electron chi connectivity index (χ4n) is 2.65. The van der Waals surface area contributed by atoms with E-state index in [0.717, 1.165) is 21.8 Å². The molecular formula is C20H23N3O3S. The van der Waals surface area contributed by atoms with Crippen molar-refractivity contribution < 1.29 is 14.1 Å².